The molecule has 3 amide bonds. The number of halogens is 1. The van der Waals surface area contributed by atoms with Crippen molar-refractivity contribution < 1.29 is 23.5 Å². The van der Waals surface area contributed by atoms with Crippen LogP contribution in [-0.4, -0.2) is 90.1 Å². The molecule has 0 aliphatic carbocycles. The smallest absolute Gasteiger partial charge is 0.255 e. The fourth-order valence-corrected chi connectivity index (χ4v) is 4.93. The molecule has 5 rings (SSSR count). The van der Waals surface area contributed by atoms with Crippen LogP contribution in [0.25, 0.3) is 0 Å². The second-order valence-electron chi connectivity index (χ2n) is 11.2. The van der Waals surface area contributed by atoms with Gasteiger partial charge in [0.15, 0.2) is 0 Å². The Bertz CT molecular complexity index is 1610. The Labute approximate surface area is 258 Å². The summed E-state index contributed by atoms with van der Waals surface area (Å²) in [5.74, 6) is -1.58. The third-order valence-corrected chi connectivity index (χ3v) is 7.22. The first-order chi connectivity index (χ1) is 21.7. The van der Waals surface area contributed by atoms with E-state index in [4.69, 9.17) is 4.74 Å². The number of hydrogen-bond acceptors (Lipinski definition) is 9. The number of rotatable bonds is 5. The predicted octanol–water partition coefficient (Wildman–Crippen LogP) is 1.49. The van der Waals surface area contributed by atoms with E-state index in [0.717, 1.165) is 11.6 Å². The molecule has 2 N–H and O–H groups in total. The highest BCUT2D eigenvalue weighted by Crippen LogP contribution is 2.21. The zero-order valence-electron chi connectivity index (χ0n) is 25.1. The first-order valence-electron chi connectivity index (χ1n) is 14.7. The van der Waals surface area contributed by atoms with Gasteiger partial charge in [0, 0.05) is 37.8 Å². The van der Waals surface area contributed by atoms with Gasteiger partial charge in [0.2, 0.25) is 5.91 Å². The summed E-state index contributed by atoms with van der Waals surface area (Å²) in [5, 5.41) is 25.1. The lowest BCUT2D eigenvalue weighted by Crippen LogP contribution is -2.49. The number of nitrogens with one attached hydrogen (secondary N) is 2. The monoisotopic (exact) mass is 618 g/mol. The Balaban J connectivity index is 1.35. The van der Waals surface area contributed by atoms with Crippen LogP contribution in [0.3, 0.4) is 0 Å². The zero-order chi connectivity index (χ0) is 31.8. The average Bonchev–Trinajstić information content (AvgIpc) is 3.71. The molecule has 0 spiro atoms. The van der Waals surface area contributed by atoms with E-state index in [1.807, 2.05) is 26.0 Å². The minimum Gasteiger partial charge on any atom is -0.491 e. The summed E-state index contributed by atoms with van der Waals surface area (Å²) in [6, 6.07) is 9.99. The first kappa shape index (κ1) is 31.2. The highest BCUT2D eigenvalue weighted by molar-refractivity contribution is 5.99. The Morgan fingerprint density at radius 1 is 1.09 bits per heavy atom. The highest BCUT2D eigenvalue weighted by atomic mass is 19.1. The van der Waals surface area contributed by atoms with E-state index < -0.39 is 23.7 Å². The molecule has 1 atom stereocenters. The molecule has 236 valence electrons. The molecule has 1 aliphatic rings. The molecule has 4 aromatic rings. The second kappa shape index (κ2) is 14.5. The van der Waals surface area contributed by atoms with Crippen molar-refractivity contribution in [3.05, 3.63) is 83.2 Å². The summed E-state index contributed by atoms with van der Waals surface area (Å²) in [7, 11) is 0. The lowest BCUT2D eigenvalue weighted by Gasteiger charge is -2.25. The number of tetrazole rings is 1. The number of carbonyl (C=O) groups excluding carboxylic acids is 3. The second-order valence-corrected chi connectivity index (χ2v) is 11.2. The lowest BCUT2D eigenvalue weighted by atomic mass is 10.0. The predicted molar refractivity (Wildman–Crippen MR) is 159 cm³/mol. The fourth-order valence-electron chi connectivity index (χ4n) is 4.93. The minimum absolute atomic E-state index is 0.0160. The molecule has 0 saturated heterocycles. The van der Waals surface area contributed by atoms with Crippen molar-refractivity contribution in [2.24, 2.45) is 5.92 Å². The molecule has 1 aliphatic heterocycles. The van der Waals surface area contributed by atoms with Crippen LogP contribution < -0.4 is 15.4 Å². The van der Waals surface area contributed by atoms with Crippen molar-refractivity contribution in [3.63, 3.8) is 0 Å². The topological polar surface area (TPSA) is 162 Å². The Kier molecular flexibility index (Phi) is 10.1. The third kappa shape index (κ3) is 8.46. The van der Waals surface area contributed by atoms with Crippen LogP contribution in [-0.2, 0) is 24.3 Å². The van der Waals surface area contributed by atoms with Crippen molar-refractivity contribution in [2.45, 2.75) is 45.8 Å². The van der Waals surface area contributed by atoms with Gasteiger partial charge in [-0.3, -0.25) is 14.4 Å². The maximum absolute atomic E-state index is 14.2. The van der Waals surface area contributed by atoms with Crippen molar-refractivity contribution in [2.75, 3.05) is 26.2 Å². The largest absolute Gasteiger partial charge is 0.491 e. The van der Waals surface area contributed by atoms with Crippen molar-refractivity contribution >= 4 is 17.7 Å². The molecule has 2 bridgehead atoms. The van der Waals surface area contributed by atoms with Crippen LogP contribution in [0.1, 0.15) is 52.2 Å². The molecule has 3 heterocycles. The summed E-state index contributed by atoms with van der Waals surface area (Å²) >= 11 is 0. The SMILES string of the molecule is CC(C)C[C@H]1NC(=O)c2cc(F)ccc2OCCn2cc(nn2)CCN(C(=O)c2ccc(Cn3cnnn3)cc2)CCNC1=O. The number of carbonyl (C=O) groups is 3. The van der Waals surface area contributed by atoms with Crippen LogP contribution >= 0.6 is 0 Å². The minimum atomic E-state index is -0.880. The molecule has 0 unspecified atom stereocenters. The summed E-state index contributed by atoms with van der Waals surface area (Å²) in [5.41, 5.74) is 2.07. The average molecular weight is 619 g/mol. The molecule has 15 heteroatoms. The van der Waals surface area contributed by atoms with Crippen molar-refractivity contribution in [3.8, 4) is 5.75 Å². The van der Waals surface area contributed by atoms with Crippen molar-refractivity contribution in [1.29, 1.82) is 0 Å². The summed E-state index contributed by atoms with van der Waals surface area (Å²) < 4.78 is 23.2. The van der Waals surface area contributed by atoms with Crippen LogP contribution in [0.2, 0.25) is 0 Å². The van der Waals surface area contributed by atoms with Crippen LogP contribution in [0.15, 0.2) is 55.0 Å². The van der Waals surface area contributed by atoms with Gasteiger partial charge in [0.1, 0.15) is 30.5 Å². The van der Waals surface area contributed by atoms with Gasteiger partial charge in [-0.1, -0.05) is 31.2 Å². The number of benzene rings is 2. The number of aromatic nitrogens is 7. The molecule has 2 aromatic carbocycles. The molecule has 0 fully saturated rings. The quantitative estimate of drug-likeness (QED) is 0.338. The highest BCUT2D eigenvalue weighted by Gasteiger charge is 2.25. The van der Waals surface area contributed by atoms with E-state index in [-0.39, 0.29) is 42.8 Å². The Morgan fingerprint density at radius 3 is 2.67 bits per heavy atom. The molecule has 14 nitrogen and oxygen atoms in total. The van der Waals surface area contributed by atoms with E-state index in [9.17, 15) is 18.8 Å². The van der Waals surface area contributed by atoms with Gasteiger partial charge in [-0.05, 0) is 58.7 Å². The standard InChI is InChI=1S/C30H35FN10O4/c1-20(2)15-26-29(43)32-10-12-39(30(44)22-5-3-21(4-6-22)17-41-19-33-36-38-41)11-9-24-18-40(37-35-24)13-14-45-27-8-7-23(31)16-25(27)28(42)34-26/h3-8,16,18-20,26H,9-15,17H2,1-2H3,(H,32,43)(H,34,42)/t26-/m1/s1. The fraction of sp³-hybridized carbons (Fsp3) is 0.400. The van der Waals surface area contributed by atoms with E-state index >= 15 is 0 Å². The number of amides is 3. The van der Waals surface area contributed by atoms with Gasteiger partial charge in [-0.15, -0.1) is 10.2 Å². The van der Waals surface area contributed by atoms with Crippen LogP contribution in [0, 0.1) is 11.7 Å². The van der Waals surface area contributed by atoms with Gasteiger partial charge in [-0.2, -0.15) is 0 Å². The van der Waals surface area contributed by atoms with Gasteiger partial charge in [0.05, 0.1) is 24.3 Å². The van der Waals surface area contributed by atoms with E-state index in [1.54, 1.807) is 32.6 Å². The Hall–Kier alpha value is -5.21. The van der Waals surface area contributed by atoms with E-state index in [0.29, 0.717) is 43.7 Å². The molecule has 2 aromatic heterocycles. The normalized spacial score (nSPS) is 16.6. The van der Waals surface area contributed by atoms with Gasteiger partial charge >= 0.3 is 0 Å². The molecule has 0 radical (unpaired) electrons. The van der Waals surface area contributed by atoms with Gasteiger partial charge in [-0.25, -0.2) is 13.8 Å². The third-order valence-electron chi connectivity index (χ3n) is 7.22. The number of fused-ring (bicyclic) bond motifs is 3. The van der Waals surface area contributed by atoms with Crippen molar-refractivity contribution in [1.82, 2.24) is 50.7 Å². The first-order valence-corrected chi connectivity index (χ1v) is 14.7. The van der Waals surface area contributed by atoms with E-state index in [1.165, 1.54) is 18.5 Å². The van der Waals surface area contributed by atoms with Gasteiger partial charge in [0.25, 0.3) is 11.8 Å². The van der Waals surface area contributed by atoms with Gasteiger partial charge < -0.3 is 20.3 Å². The van der Waals surface area contributed by atoms with Crippen LogP contribution in [0.5, 0.6) is 5.75 Å². The maximum atomic E-state index is 14.2. The Morgan fingerprint density at radius 2 is 1.91 bits per heavy atom. The van der Waals surface area contributed by atoms with Crippen LogP contribution in [0.4, 0.5) is 4.39 Å². The number of hydrogen-bond donors (Lipinski definition) is 2. The molecule has 0 saturated carbocycles. The zero-order valence-corrected chi connectivity index (χ0v) is 25.1. The summed E-state index contributed by atoms with van der Waals surface area (Å²) in [6.45, 7) is 5.49. The number of nitrogens with zero attached hydrogens (tertiary/aromatic N) is 8. The molecule has 45 heavy (non-hydrogen) atoms. The van der Waals surface area contributed by atoms with E-state index in [2.05, 4.69) is 36.5 Å². The molecular weight excluding hydrogens is 583 g/mol. The molecular formula is C30H35FN10O4. The lowest BCUT2D eigenvalue weighted by molar-refractivity contribution is -0.123. The maximum Gasteiger partial charge on any atom is 0.255 e. The number of ether oxygens (including phenoxy) is 1. The summed E-state index contributed by atoms with van der Waals surface area (Å²) in [6.07, 6.45) is 4.07. The summed E-state index contributed by atoms with van der Waals surface area (Å²) in [4.78, 5) is 41.8.